The van der Waals surface area contributed by atoms with Crippen LogP contribution in [0.4, 0.5) is 0 Å². The highest BCUT2D eigenvalue weighted by Crippen LogP contribution is 2.27. The Balaban J connectivity index is 1.55. The van der Waals surface area contributed by atoms with E-state index in [1.54, 1.807) is 0 Å². The molecule has 8 heteroatoms. The van der Waals surface area contributed by atoms with Gasteiger partial charge in [-0.1, -0.05) is 91.0 Å². The smallest absolute Gasteiger partial charge is 0.325 e. The molecule has 1 amide bonds. The Bertz CT molecular complexity index is 1200. The molecule has 8 nitrogen and oxygen atoms in total. The zero-order valence-corrected chi connectivity index (χ0v) is 21.9. The first kappa shape index (κ1) is 28.0. The number of esters is 1. The van der Waals surface area contributed by atoms with Gasteiger partial charge in [0.2, 0.25) is 0 Å². The van der Waals surface area contributed by atoms with Crippen LogP contribution in [0.5, 0.6) is 0 Å². The van der Waals surface area contributed by atoms with Crippen molar-refractivity contribution in [3.8, 4) is 0 Å². The fourth-order valence-corrected chi connectivity index (χ4v) is 4.09. The molecule has 0 radical (unpaired) electrons. The molecule has 39 heavy (non-hydrogen) atoms. The zero-order chi connectivity index (χ0) is 27.3. The number of hydrogen-bond donors (Lipinski definition) is 1. The summed E-state index contributed by atoms with van der Waals surface area (Å²) in [5, 5.41) is 2.58. The van der Waals surface area contributed by atoms with E-state index in [9.17, 15) is 9.59 Å². The average molecular weight is 532 g/mol. The van der Waals surface area contributed by atoms with E-state index in [0.717, 1.165) is 16.7 Å². The zero-order valence-electron chi connectivity index (χ0n) is 21.9. The minimum atomic E-state index is -0.786. The molecular formula is C31H33NO7. The maximum Gasteiger partial charge on any atom is 0.325 e. The number of carbonyl (C=O) groups excluding carboxylic acids is 2. The third kappa shape index (κ3) is 8.51. The van der Waals surface area contributed by atoms with E-state index in [0.29, 0.717) is 6.61 Å². The summed E-state index contributed by atoms with van der Waals surface area (Å²) in [6.45, 7) is 0.865. The SMILES string of the molecule is COC(=O)CNC(=O)C1=CO[C@H](COCc2ccccc2)[C@@H](OCc2ccccc2)[C@@H]1OCc1ccccc1. The van der Waals surface area contributed by atoms with Crippen LogP contribution >= 0.6 is 0 Å². The number of ether oxygens (including phenoxy) is 5. The van der Waals surface area contributed by atoms with Gasteiger partial charge in [-0.05, 0) is 16.7 Å². The minimum absolute atomic E-state index is 0.215. The second-order valence-corrected chi connectivity index (χ2v) is 8.99. The molecule has 0 bridgehead atoms. The van der Waals surface area contributed by atoms with Gasteiger partial charge >= 0.3 is 5.97 Å². The van der Waals surface area contributed by atoms with Gasteiger partial charge in [0.15, 0.2) is 0 Å². The number of amides is 1. The molecule has 0 saturated carbocycles. The summed E-state index contributed by atoms with van der Waals surface area (Å²) in [5.41, 5.74) is 3.16. The standard InChI is InChI=1S/C31H33NO7/c1-35-28(33)17-32-31(34)26-21-37-27(22-36-18-23-11-5-2-6-12-23)30(39-20-25-15-9-4-10-16-25)29(26)38-19-24-13-7-3-8-14-24/h2-16,21,27,29-30H,17-20,22H2,1H3,(H,32,34)/t27-,29-,30-/m1/s1. The number of benzene rings is 3. The molecule has 1 aliphatic heterocycles. The van der Waals surface area contributed by atoms with Gasteiger partial charge in [-0.25, -0.2) is 0 Å². The molecule has 1 N–H and O–H groups in total. The number of methoxy groups -OCH3 is 1. The van der Waals surface area contributed by atoms with Gasteiger partial charge < -0.3 is 29.0 Å². The van der Waals surface area contributed by atoms with Crippen LogP contribution in [0.25, 0.3) is 0 Å². The van der Waals surface area contributed by atoms with Crippen LogP contribution in [0.15, 0.2) is 103 Å². The third-order valence-electron chi connectivity index (χ3n) is 6.18. The lowest BCUT2D eigenvalue weighted by Gasteiger charge is -2.37. The highest BCUT2D eigenvalue weighted by atomic mass is 16.6. The number of hydrogen-bond acceptors (Lipinski definition) is 7. The molecule has 0 spiro atoms. The average Bonchev–Trinajstić information content (AvgIpc) is 2.99. The van der Waals surface area contributed by atoms with E-state index in [1.165, 1.54) is 13.4 Å². The van der Waals surface area contributed by atoms with Crippen molar-refractivity contribution in [3.05, 3.63) is 120 Å². The van der Waals surface area contributed by atoms with Crippen LogP contribution < -0.4 is 5.32 Å². The van der Waals surface area contributed by atoms with Gasteiger partial charge in [-0.3, -0.25) is 9.59 Å². The Labute approximate surface area is 228 Å². The first-order chi connectivity index (χ1) is 19.1. The first-order valence-electron chi connectivity index (χ1n) is 12.8. The third-order valence-corrected chi connectivity index (χ3v) is 6.18. The maximum absolute atomic E-state index is 13.1. The van der Waals surface area contributed by atoms with Gasteiger partial charge in [0.05, 0.1) is 45.4 Å². The van der Waals surface area contributed by atoms with Crippen molar-refractivity contribution >= 4 is 11.9 Å². The Morgan fingerprint density at radius 3 is 1.87 bits per heavy atom. The molecule has 0 saturated heterocycles. The Kier molecular flexibility index (Phi) is 10.7. The second-order valence-electron chi connectivity index (χ2n) is 8.99. The molecule has 0 fully saturated rings. The summed E-state index contributed by atoms with van der Waals surface area (Å²) in [6.07, 6.45) is -0.629. The van der Waals surface area contributed by atoms with E-state index in [1.807, 2.05) is 91.0 Å². The molecule has 0 unspecified atom stereocenters. The van der Waals surface area contributed by atoms with E-state index in [-0.39, 0.29) is 31.9 Å². The van der Waals surface area contributed by atoms with Gasteiger partial charge in [0.25, 0.3) is 5.91 Å². The number of nitrogens with one attached hydrogen (secondary N) is 1. The van der Waals surface area contributed by atoms with Gasteiger partial charge in [-0.15, -0.1) is 0 Å². The summed E-state index contributed by atoms with van der Waals surface area (Å²) < 4.78 is 29.3. The van der Waals surface area contributed by atoms with Crippen molar-refractivity contribution in [2.24, 2.45) is 0 Å². The molecule has 204 valence electrons. The minimum Gasteiger partial charge on any atom is -0.492 e. The van der Waals surface area contributed by atoms with Crippen LogP contribution in [0.1, 0.15) is 16.7 Å². The summed E-state index contributed by atoms with van der Waals surface area (Å²) in [5.74, 6) is -1.07. The monoisotopic (exact) mass is 531 g/mol. The second kappa shape index (κ2) is 14.8. The predicted octanol–water partition coefficient (Wildman–Crippen LogP) is 3.95. The van der Waals surface area contributed by atoms with E-state index in [2.05, 4.69) is 10.1 Å². The fourth-order valence-electron chi connectivity index (χ4n) is 4.09. The van der Waals surface area contributed by atoms with Crippen molar-refractivity contribution in [3.63, 3.8) is 0 Å². The Morgan fingerprint density at radius 2 is 1.31 bits per heavy atom. The number of rotatable bonds is 13. The van der Waals surface area contributed by atoms with Crippen LogP contribution in [0.3, 0.4) is 0 Å². The van der Waals surface area contributed by atoms with Crippen LogP contribution in [-0.4, -0.2) is 50.4 Å². The number of carbonyl (C=O) groups is 2. The van der Waals surface area contributed by atoms with Crippen molar-refractivity contribution in [1.29, 1.82) is 0 Å². The lowest BCUT2D eigenvalue weighted by Crippen LogP contribution is -2.51. The van der Waals surface area contributed by atoms with Crippen LogP contribution in [-0.2, 0) is 53.1 Å². The molecule has 3 aromatic rings. The lowest BCUT2D eigenvalue weighted by molar-refractivity contribution is -0.156. The van der Waals surface area contributed by atoms with Crippen molar-refractivity contribution in [1.82, 2.24) is 5.32 Å². The fraction of sp³-hybridized carbons (Fsp3) is 0.290. The molecule has 1 heterocycles. The van der Waals surface area contributed by atoms with Crippen molar-refractivity contribution in [2.45, 2.75) is 38.1 Å². The maximum atomic E-state index is 13.1. The van der Waals surface area contributed by atoms with Crippen molar-refractivity contribution in [2.75, 3.05) is 20.3 Å². The lowest BCUT2D eigenvalue weighted by atomic mass is 9.97. The van der Waals surface area contributed by atoms with Gasteiger partial charge in [0, 0.05) is 0 Å². The van der Waals surface area contributed by atoms with Gasteiger partial charge in [0.1, 0.15) is 24.9 Å². The topological polar surface area (TPSA) is 92.3 Å². The molecule has 3 atom stereocenters. The van der Waals surface area contributed by atoms with Crippen LogP contribution in [0.2, 0.25) is 0 Å². The first-order valence-corrected chi connectivity index (χ1v) is 12.8. The van der Waals surface area contributed by atoms with Crippen molar-refractivity contribution < 1.29 is 33.3 Å². The highest BCUT2D eigenvalue weighted by Gasteiger charge is 2.41. The summed E-state index contributed by atoms with van der Waals surface area (Å²) >= 11 is 0. The molecule has 1 aliphatic rings. The largest absolute Gasteiger partial charge is 0.492 e. The molecule has 0 aromatic heterocycles. The summed E-state index contributed by atoms with van der Waals surface area (Å²) in [4.78, 5) is 24.8. The molecular weight excluding hydrogens is 498 g/mol. The Hall–Kier alpha value is -3.98. The molecule has 3 aromatic carbocycles. The van der Waals surface area contributed by atoms with Crippen LogP contribution in [0, 0.1) is 0 Å². The Morgan fingerprint density at radius 1 is 0.769 bits per heavy atom. The molecule has 4 rings (SSSR count). The molecule has 0 aliphatic carbocycles. The van der Waals surface area contributed by atoms with E-state index in [4.69, 9.17) is 18.9 Å². The quantitative estimate of drug-likeness (QED) is 0.334. The summed E-state index contributed by atoms with van der Waals surface area (Å²) in [6, 6.07) is 29.2. The van der Waals surface area contributed by atoms with E-state index >= 15 is 0 Å². The normalized spacial score (nSPS) is 18.5. The van der Waals surface area contributed by atoms with E-state index < -0.39 is 30.2 Å². The summed E-state index contributed by atoms with van der Waals surface area (Å²) in [7, 11) is 1.26. The van der Waals surface area contributed by atoms with Gasteiger partial charge in [-0.2, -0.15) is 0 Å². The predicted molar refractivity (Wildman–Crippen MR) is 144 cm³/mol. The highest BCUT2D eigenvalue weighted by molar-refractivity contribution is 5.96.